The van der Waals surface area contributed by atoms with Gasteiger partial charge >= 0.3 is 0 Å². The second-order valence-electron chi connectivity index (χ2n) is 8.46. The molecule has 0 radical (unpaired) electrons. The third-order valence-corrected chi connectivity index (χ3v) is 6.88. The third-order valence-electron chi connectivity index (χ3n) is 6.88. The number of phenols is 2. The molecule has 1 aliphatic carbocycles. The summed E-state index contributed by atoms with van der Waals surface area (Å²) in [6.07, 6.45) is 6.43. The normalized spacial score (nSPS) is 26.3. The molecule has 4 heteroatoms. The lowest BCUT2D eigenvalue weighted by Gasteiger charge is -2.44. The van der Waals surface area contributed by atoms with Gasteiger partial charge < -0.3 is 10.2 Å². The monoisotopic (exact) mass is 372 g/mol. The van der Waals surface area contributed by atoms with Crippen molar-refractivity contribution in [2.75, 3.05) is 0 Å². The zero-order valence-electron chi connectivity index (χ0n) is 17.1. The van der Waals surface area contributed by atoms with E-state index in [9.17, 15) is 19.8 Å². The molecule has 1 aromatic rings. The van der Waals surface area contributed by atoms with Crippen LogP contribution < -0.4 is 0 Å². The van der Waals surface area contributed by atoms with Crippen molar-refractivity contribution in [3.05, 3.63) is 34.4 Å². The van der Waals surface area contributed by atoms with Crippen LogP contribution in [-0.2, 0) is 11.2 Å². The smallest absolute Gasteiger partial charge is 0.154 e. The second-order valence-corrected chi connectivity index (χ2v) is 8.46. The first-order valence-electron chi connectivity index (χ1n) is 9.79. The number of hydrogen-bond donors (Lipinski definition) is 2. The summed E-state index contributed by atoms with van der Waals surface area (Å²) in [4.78, 5) is 23.3. The van der Waals surface area contributed by atoms with Crippen LogP contribution in [0.15, 0.2) is 17.7 Å². The lowest BCUT2D eigenvalue weighted by Crippen LogP contribution is -2.41. The Morgan fingerprint density at radius 3 is 2.63 bits per heavy atom. The van der Waals surface area contributed by atoms with Gasteiger partial charge in [-0.05, 0) is 62.5 Å². The Morgan fingerprint density at radius 1 is 1.33 bits per heavy atom. The Balaban J connectivity index is 2.11. The van der Waals surface area contributed by atoms with Gasteiger partial charge in [-0.25, -0.2) is 0 Å². The zero-order chi connectivity index (χ0) is 20.4. The maximum Gasteiger partial charge on any atom is 0.154 e. The summed E-state index contributed by atoms with van der Waals surface area (Å²) < 4.78 is 0. The highest BCUT2D eigenvalue weighted by atomic mass is 16.3. The van der Waals surface area contributed by atoms with Gasteiger partial charge in [-0.2, -0.15) is 0 Å². The van der Waals surface area contributed by atoms with E-state index in [2.05, 4.69) is 20.8 Å². The average Bonchev–Trinajstić information content (AvgIpc) is 2.61. The molecule has 1 fully saturated rings. The molecule has 0 heterocycles. The number of rotatable bonds is 6. The van der Waals surface area contributed by atoms with Gasteiger partial charge in [0.1, 0.15) is 17.3 Å². The summed E-state index contributed by atoms with van der Waals surface area (Å²) >= 11 is 0. The van der Waals surface area contributed by atoms with Gasteiger partial charge in [0.05, 0.1) is 5.56 Å². The largest absolute Gasteiger partial charge is 0.508 e. The van der Waals surface area contributed by atoms with Crippen LogP contribution >= 0.6 is 0 Å². The third kappa shape index (κ3) is 4.26. The molecule has 3 unspecified atom stereocenters. The predicted octanol–water partition coefficient (Wildman–Crippen LogP) is 5.13. The molecular weight excluding hydrogens is 340 g/mol. The molecule has 1 saturated carbocycles. The summed E-state index contributed by atoms with van der Waals surface area (Å²) in [5.74, 6) is 0.825. The minimum atomic E-state index is -0.140. The lowest BCUT2D eigenvalue weighted by molar-refractivity contribution is -0.132. The fraction of sp³-hybridized carbons (Fsp3) is 0.565. The van der Waals surface area contributed by atoms with Crippen molar-refractivity contribution in [3.8, 4) is 11.5 Å². The van der Waals surface area contributed by atoms with Gasteiger partial charge in [-0.3, -0.25) is 9.59 Å². The van der Waals surface area contributed by atoms with Crippen LogP contribution in [0.2, 0.25) is 0 Å². The molecule has 1 aromatic carbocycles. The van der Waals surface area contributed by atoms with E-state index in [0.29, 0.717) is 42.0 Å². The molecule has 0 amide bonds. The van der Waals surface area contributed by atoms with E-state index in [1.807, 2.05) is 13.0 Å². The molecule has 148 valence electrons. The van der Waals surface area contributed by atoms with Crippen LogP contribution in [0.4, 0.5) is 0 Å². The van der Waals surface area contributed by atoms with Crippen molar-refractivity contribution >= 4 is 12.1 Å². The fourth-order valence-electron chi connectivity index (χ4n) is 4.20. The molecule has 0 aromatic heterocycles. The molecule has 4 nitrogen and oxygen atoms in total. The van der Waals surface area contributed by atoms with E-state index in [-0.39, 0.29) is 28.4 Å². The molecule has 3 atom stereocenters. The van der Waals surface area contributed by atoms with Crippen LogP contribution in [0.25, 0.3) is 0 Å². The van der Waals surface area contributed by atoms with Crippen molar-refractivity contribution in [2.24, 2.45) is 17.3 Å². The molecule has 1 aliphatic rings. The number of aldehydes is 1. The number of ketones is 1. The van der Waals surface area contributed by atoms with Crippen molar-refractivity contribution in [1.29, 1.82) is 0 Å². The maximum absolute atomic E-state index is 12.2. The minimum absolute atomic E-state index is 0.00323. The highest BCUT2D eigenvalue weighted by molar-refractivity contribution is 5.83. The molecule has 0 spiro atoms. The van der Waals surface area contributed by atoms with Crippen LogP contribution in [0, 0.1) is 24.2 Å². The summed E-state index contributed by atoms with van der Waals surface area (Å²) in [5, 5.41) is 20.4. The Kier molecular flexibility index (Phi) is 6.50. The highest BCUT2D eigenvalue weighted by Crippen LogP contribution is 2.47. The van der Waals surface area contributed by atoms with Crippen LogP contribution in [0.1, 0.15) is 74.9 Å². The molecule has 27 heavy (non-hydrogen) atoms. The maximum atomic E-state index is 12.2. The van der Waals surface area contributed by atoms with Crippen molar-refractivity contribution in [3.63, 3.8) is 0 Å². The molecule has 0 aliphatic heterocycles. The Bertz CT molecular complexity index is 762. The van der Waals surface area contributed by atoms with Gasteiger partial charge in [-0.1, -0.05) is 32.4 Å². The lowest BCUT2D eigenvalue weighted by atomic mass is 9.59. The summed E-state index contributed by atoms with van der Waals surface area (Å²) in [6, 6.07) is 1.51. The number of carbonyl (C=O) groups is 2. The van der Waals surface area contributed by atoms with Gasteiger partial charge in [0.15, 0.2) is 6.29 Å². The van der Waals surface area contributed by atoms with Crippen LogP contribution in [0.5, 0.6) is 11.5 Å². The van der Waals surface area contributed by atoms with Gasteiger partial charge in [0.25, 0.3) is 0 Å². The van der Waals surface area contributed by atoms with Crippen molar-refractivity contribution in [2.45, 2.75) is 66.7 Å². The summed E-state index contributed by atoms with van der Waals surface area (Å²) in [6.45, 7) is 10.2. The molecule has 2 rings (SSSR count). The fourth-order valence-corrected chi connectivity index (χ4v) is 4.20. The number of phenolic OH excluding ortho intramolecular Hbond substituents is 2. The number of carbonyl (C=O) groups excluding carboxylic acids is 2. The van der Waals surface area contributed by atoms with E-state index in [1.54, 1.807) is 6.92 Å². The average molecular weight is 373 g/mol. The van der Waals surface area contributed by atoms with E-state index < -0.39 is 0 Å². The first kappa shape index (κ1) is 21.2. The standard InChI is InChI=1S/C23H32O4/c1-14(10-11-23(5)16(3)7-9-20(25)17(23)4)6-8-18-21(26)12-15(2)19(13-24)22(18)27/h6,12-13,16-17,26-27H,7-11H2,1-5H3. The first-order chi connectivity index (χ1) is 12.6. The second kappa shape index (κ2) is 8.28. The number of aromatic hydroxyl groups is 2. The van der Waals surface area contributed by atoms with E-state index in [0.717, 1.165) is 24.8 Å². The first-order valence-corrected chi connectivity index (χ1v) is 9.79. The van der Waals surface area contributed by atoms with Crippen LogP contribution in [-0.4, -0.2) is 22.3 Å². The number of hydrogen-bond acceptors (Lipinski definition) is 4. The molecule has 0 bridgehead atoms. The predicted molar refractivity (Wildman–Crippen MR) is 107 cm³/mol. The quantitative estimate of drug-likeness (QED) is 0.536. The zero-order valence-corrected chi connectivity index (χ0v) is 17.1. The Morgan fingerprint density at radius 2 is 2.00 bits per heavy atom. The molecule has 2 N–H and O–H groups in total. The number of Topliss-reactive ketones (excluding diaryl/α,β-unsaturated/α-hetero) is 1. The number of aryl methyl sites for hydroxylation is 1. The topological polar surface area (TPSA) is 74.6 Å². The minimum Gasteiger partial charge on any atom is -0.508 e. The molecule has 0 saturated heterocycles. The van der Waals surface area contributed by atoms with Gasteiger partial charge in [-0.15, -0.1) is 0 Å². The van der Waals surface area contributed by atoms with Gasteiger partial charge in [0.2, 0.25) is 0 Å². The van der Waals surface area contributed by atoms with Crippen molar-refractivity contribution in [1.82, 2.24) is 0 Å². The highest BCUT2D eigenvalue weighted by Gasteiger charge is 2.42. The number of benzene rings is 1. The SMILES string of the molecule is CC(=CCc1c(O)cc(C)c(C=O)c1O)CCC1(C)C(C)CCC(=O)C1C. The van der Waals surface area contributed by atoms with Gasteiger partial charge in [0, 0.05) is 17.9 Å². The van der Waals surface area contributed by atoms with E-state index in [4.69, 9.17) is 0 Å². The van der Waals surface area contributed by atoms with E-state index >= 15 is 0 Å². The van der Waals surface area contributed by atoms with Crippen LogP contribution in [0.3, 0.4) is 0 Å². The molecular formula is C23H32O4. The number of allylic oxidation sites excluding steroid dienone is 2. The summed E-state index contributed by atoms with van der Waals surface area (Å²) in [5.41, 5.74) is 2.32. The Labute approximate surface area is 162 Å². The Hall–Kier alpha value is -2.10. The van der Waals surface area contributed by atoms with Crippen molar-refractivity contribution < 1.29 is 19.8 Å². The summed E-state index contributed by atoms with van der Waals surface area (Å²) in [7, 11) is 0. The van der Waals surface area contributed by atoms with E-state index in [1.165, 1.54) is 6.07 Å².